The SMILES string of the molecule is Cc1cc(S(=O)(=O)NC(C)C2CCNCC2)ccc1NC(=O)c1ccc(F)cc1C. The molecule has 0 saturated carbocycles. The molecule has 1 atom stereocenters. The van der Waals surface area contributed by atoms with Crippen molar-refractivity contribution in [3.63, 3.8) is 0 Å². The smallest absolute Gasteiger partial charge is 0.255 e. The van der Waals surface area contributed by atoms with E-state index in [9.17, 15) is 17.6 Å². The van der Waals surface area contributed by atoms with E-state index in [2.05, 4.69) is 15.4 Å². The fourth-order valence-corrected chi connectivity index (χ4v) is 5.17. The molecule has 2 aromatic carbocycles. The lowest BCUT2D eigenvalue weighted by molar-refractivity contribution is 0.102. The number of halogens is 1. The molecular formula is C22H28FN3O3S. The summed E-state index contributed by atoms with van der Waals surface area (Å²) in [5.74, 6) is -0.468. The van der Waals surface area contributed by atoms with Gasteiger partial charge in [0, 0.05) is 17.3 Å². The summed E-state index contributed by atoms with van der Waals surface area (Å²) in [4.78, 5) is 12.7. The summed E-state index contributed by atoms with van der Waals surface area (Å²) >= 11 is 0. The standard InChI is InChI=1S/C22H28FN3O3S/c1-14-12-18(23)4-6-20(14)22(27)25-21-7-5-19(13-15(21)2)30(28,29)26-16(3)17-8-10-24-11-9-17/h4-7,12-13,16-17,24,26H,8-11H2,1-3H3,(H,25,27). The van der Waals surface area contributed by atoms with Crippen molar-refractivity contribution in [2.24, 2.45) is 5.92 Å². The highest BCUT2D eigenvalue weighted by Crippen LogP contribution is 2.23. The molecular weight excluding hydrogens is 405 g/mol. The molecule has 8 heteroatoms. The van der Waals surface area contributed by atoms with Gasteiger partial charge in [-0.2, -0.15) is 0 Å². The first-order chi connectivity index (χ1) is 14.2. The summed E-state index contributed by atoms with van der Waals surface area (Å²) in [6.45, 7) is 7.10. The second-order valence-corrected chi connectivity index (χ2v) is 9.60. The predicted octanol–water partition coefficient (Wildman–Crippen LogP) is 3.36. The molecule has 30 heavy (non-hydrogen) atoms. The average Bonchev–Trinajstić information content (AvgIpc) is 2.69. The van der Waals surface area contributed by atoms with Gasteiger partial charge in [0.05, 0.1) is 4.90 Å². The van der Waals surface area contributed by atoms with Crippen LogP contribution in [0.2, 0.25) is 0 Å². The number of benzene rings is 2. The van der Waals surface area contributed by atoms with Crippen molar-refractivity contribution in [3.05, 3.63) is 58.9 Å². The first-order valence-corrected chi connectivity index (χ1v) is 11.6. The number of carbonyl (C=O) groups is 1. The van der Waals surface area contributed by atoms with Gasteiger partial charge < -0.3 is 10.6 Å². The first kappa shape index (κ1) is 22.4. The Labute approximate surface area is 177 Å². The lowest BCUT2D eigenvalue weighted by Crippen LogP contribution is -2.42. The van der Waals surface area contributed by atoms with Gasteiger partial charge in [-0.05, 0) is 100 Å². The summed E-state index contributed by atoms with van der Waals surface area (Å²) in [5, 5.41) is 6.06. The normalized spacial score (nSPS) is 16.3. The molecule has 1 heterocycles. The molecule has 3 rings (SSSR count). The fourth-order valence-electron chi connectivity index (χ4n) is 3.77. The van der Waals surface area contributed by atoms with Crippen LogP contribution in [-0.4, -0.2) is 33.5 Å². The van der Waals surface area contributed by atoms with Crippen molar-refractivity contribution in [1.82, 2.24) is 10.0 Å². The van der Waals surface area contributed by atoms with Crippen molar-refractivity contribution in [1.29, 1.82) is 0 Å². The minimum absolute atomic E-state index is 0.154. The minimum Gasteiger partial charge on any atom is -0.322 e. The van der Waals surface area contributed by atoms with Crippen LogP contribution in [0.3, 0.4) is 0 Å². The van der Waals surface area contributed by atoms with Crippen LogP contribution in [0.1, 0.15) is 41.3 Å². The largest absolute Gasteiger partial charge is 0.322 e. The summed E-state index contributed by atoms with van der Waals surface area (Å²) < 4.78 is 41.7. The van der Waals surface area contributed by atoms with E-state index < -0.39 is 15.8 Å². The molecule has 0 spiro atoms. The molecule has 0 aliphatic carbocycles. The Bertz CT molecular complexity index is 1030. The molecule has 2 aromatic rings. The molecule has 0 bridgehead atoms. The summed E-state index contributed by atoms with van der Waals surface area (Å²) in [6.07, 6.45) is 1.88. The maximum absolute atomic E-state index is 13.3. The highest BCUT2D eigenvalue weighted by Gasteiger charge is 2.25. The van der Waals surface area contributed by atoms with Gasteiger partial charge in [0.15, 0.2) is 0 Å². The summed E-state index contributed by atoms with van der Waals surface area (Å²) in [5.41, 5.74) is 2.03. The zero-order valence-corrected chi connectivity index (χ0v) is 18.3. The van der Waals surface area contributed by atoms with E-state index >= 15 is 0 Å². The number of carbonyl (C=O) groups excluding carboxylic acids is 1. The Hall–Kier alpha value is -2.29. The molecule has 3 N–H and O–H groups in total. The quantitative estimate of drug-likeness (QED) is 0.652. The third-order valence-electron chi connectivity index (χ3n) is 5.62. The predicted molar refractivity (Wildman–Crippen MR) is 116 cm³/mol. The number of sulfonamides is 1. The highest BCUT2D eigenvalue weighted by molar-refractivity contribution is 7.89. The molecule has 1 saturated heterocycles. The van der Waals surface area contributed by atoms with E-state index in [0.717, 1.165) is 25.9 Å². The van der Waals surface area contributed by atoms with E-state index in [1.165, 1.54) is 24.3 Å². The van der Waals surface area contributed by atoms with E-state index in [-0.39, 0.29) is 16.8 Å². The van der Waals surface area contributed by atoms with Crippen LogP contribution >= 0.6 is 0 Å². The Morgan fingerprint density at radius 2 is 1.80 bits per heavy atom. The lowest BCUT2D eigenvalue weighted by Gasteiger charge is -2.28. The van der Waals surface area contributed by atoms with Gasteiger partial charge in [0.2, 0.25) is 10.0 Å². The molecule has 1 aliphatic rings. The Kier molecular flexibility index (Phi) is 6.90. The second-order valence-electron chi connectivity index (χ2n) is 7.89. The monoisotopic (exact) mass is 433 g/mol. The van der Waals surface area contributed by atoms with Crippen molar-refractivity contribution in [3.8, 4) is 0 Å². The van der Waals surface area contributed by atoms with Gasteiger partial charge in [-0.3, -0.25) is 4.79 Å². The molecule has 1 amide bonds. The van der Waals surface area contributed by atoms with E-state index in [4.69, 9.17) is 0 Å². The van der Waals surface area contributed by atoms with Crippen LogP contribution in [0.25, 0.3) is 0 Å². The lowest BCUT2D eigenvalue weighted by atomic mass is 9.92. The molecule has 0 radical (unpaired) electrons. The van der Waals surface area contributed by atoms with Gasteiger partial charge in [-0.1, -0.05) is 0 Å². The van der Waals surface area contributed by atoms with Gasteiger partial charge in [0.25, 0.3) is 5.91 Å². The Morgan fingerprint density at radius 1 is 1.10 bits per heavy atom. The van der Waals surface area contributed by atoms with Gasteiger partial charge >= 0.3 is 0 Å². The number of amides is 1. The molecule has 1 unspecified atom stereocenters. The Balaban J connectivity index is 1.73. The number of hydrogen-bond acceptors (Lipinski definition) is 4. The van der Waals surface area contributed by atoms with Gasteiger partial charge in [0.1, 0.15) is 5.82 Å². The number of rotatable bonds is 6. The zero-order chi connectivity index (χ0) is 21.9. The molecule has 1 aliphatic heterocycles. The van der Waals surface area contributed by atoms with Gasteiger partial charge in [-0.25, -0.2) is 17.5 Å². The zero-order valence-electron chi connectivity index (χ0n) is 17.5. The molecule has 0 aromatic heterocycles. The molecule has 1 fully saturated rings. The van der Waals surface area contributed by atoms with Crippen molar-refractivity contribution in [2.45, 2.75) is 44.6 Å². The number of anilines is 1. The van der Waals surface area contributed by atoms with Crippen molar-refractivity contribution >= 4 is 21.6 Å². The first-order valence-electron chi connectivity index (χ1n) is 10.1. The van der Waals surface area contributed by atoms with Crippen LogP contribution in [0.4, 0.5) is 10.1 Å². The number of nitrogens with one attached hydrogen (secondary N) is 3. The molecule has 6 nitrogen and oxygen atoms in total. The Morgan fingerprint density at radius 3 is 2.43 bits per heavy atom. The maximum Gasteiger partial charge on any atom is 0.255 e. The number of piperidine rings is 1. The van der Waals surface area contributed by atoms with Crippen LogP contribution in [0.5, 0.6) is 0 Å². The van der Waals surface area contributed by atoms with E-state index in [1.54, 1.807) is 26.0 Å². The van der Waals surface area contributed by atoms with Crippen molar-refractivity contribution in [2.75, 3.05) is 18.4 Å². The van der Waals surface area contributed by atoms with Gasteiger partial charge in [-0.15, -0.1) is 0 Å². The average molecular weight is 434 g/mol. The second kappa shape index (κ2) is 9.24. The maximum atomic E-state index is 13.3. The van der Waals surface area contributed by atoms with Crippen LogP contribution in [-0.2, 0) is 10.0 Å². The third-order valence-corrected chi connectivity index (χ3v) is 7.18. The van der Waals surface area contributed by atoms with E-state index in [1.807, 2.05) is 6.92 Å². The topological polar surface area (TPSA) is 87.3 Å². The molecule has 162 valence electrons. The van der Waals surface area contributed by atoms with E-state index in [0.29, 0.717) is 28.3 Å². The van der Waals surface area contributed by atoms with Crippen LogP contribution in [0.15, 0.2) is 41.3 Å². The van der Waals surface area contributed by atoms with Crippen LogP contribution in [0, 0.1) is 25.6 Å². The minimum atomic E-state index is -3.67. The summed E-state index contributed by atoms with van der Waals surface area (Å²) in [6, 6.07) is 8.42. The van der Waals surface area contributed by atoms with Crippen LogP contribution < -0.4 is 15.4 Å². The highest BCUT2D eigenvalue weighted by atomic mass is 32.2. The van der Waals surface area contributed by atoms with Crippen molar-refractivity contribution < 1.29 is 17.6 Å². The summed E-state index contributed by atoms with van der Waals surface area (Å²) in [7, 11) is -3.67. The number of aryl methyl sites for hydroxylation is 2. The number of hydrogen-bond donors (Lipinski definition) is 3. The third kappa shape index (κ3) is 5.24. The fraction of sp³-hybridized carbons (Fsp3) is 0.409.